The maximum Gasteiger partial charge on any atom is 0.343 e. The number of hydrogen-bond donors (Lipinski definition) is 0. The first-order valence-electron chi connectivity index (χ1n) is 5.71. The maximum absolute atomic E-state index is 10.9. The highest BCUT2D eigenvalue weighted by Gasteiger charge is 2.00. The van der Waals surface area contributed by atoms with Crippen LogP contribution in [0.4, 0.5) is 0 Å². The van der Waals surface area contributed by atoms with E-state index < -0.39 is 5.97 Å². The zero-order chi connectivity index (χ0) is 14.1. The smallest absolute Gasteiger partial charge is 0.343 e. The number of hydrogen-bond acceptors (Lipinski definition) is 5. The zero-order valence-electron chi connectivity index (χ0n) is 10.9. The van der Waals surface area contributed by atoms with Crippen molar-refractivity contribution in [2.24, 2.45) is 0 Å². The topological polar surface area (TPSA) is 52.6 Å². The minimum Gasteiger partial charge on any atom is -0.482 e. The summed E-state index contributed by atoms with van der Waals surface area (Å²) >= 11 is 1.27. The van der Waals surface area contributed by atoms with Crippen molar-refractivity contribution in [3.05, 3.63) is 35.9 Å². The molecular formula is C14H16O4S. The molecule has 0 aliphatic heterocycles. The molecule has 1 aromatic carbocycles. The Bertz CT molecular complexity index is 451. The van der Waals surface area contributed by atoms with E-state index >= 15 is 0 Å². The molecule has 0 saturated carbocycles. The van der Waals surface area contributed by atoms with Crippen molar-refractivity contribution in [1.82, 2.24) is 0 Å². The fourth-order valence-corrected chi connectivity index (χ4v) is 1.65. The molecule has 0 spiro atoms. The lowest BCUT2D eigenvalue weighted by Crippen LogP contribution is -2.12. The fourth-order valence-electron chi connectivity index (χ4n) is 1.23. The van der Waals surface area contributed by atoms with E-state index in [4.69, 9.17) is 4.74 Å². The van der Waals surface area contributed by atoms with Crippen molar-refractivity contribution in [1.29, 1.82) is 0 Å². The van der Waals surface area contributed by atoms with Gasteiger partial charge in [-0.15, -0.1) is 0 Å². The first-order valence-corrected chi connectivity index (χ1v) is 6.70. The second-order valence-electron chi connectivity index (χ2n) is 3.64. The van der Waals surface area contributed by atoms with E-state index in [1.54, 1.807) is 19.1 Å². The van der Waals surface area contributed by atoms with Gasteiger partial charge < -0.3 is 9.47 Å². The van der Waals surface area contributed by atoms with Gasteiger partial charge in [0, 0.05) is 12.7 Å². The number of benzene rings is 1. The molecular weight excluding hydrogens is 264 g/mol. The molecule has 0 aliphatic carbocycles. The largest absolute Gasteiger partial charge is 0.482 e. The van der Waals surface area contributed by atoms with E-state index in [2.05, 4.69) is 4.74 Å². The third kappa shape index (κ3) is 6.67. The molecule has 0 bridgehead atoms. The number of rotatable bonds is 6. The summed E-state index contributed by atoms with van der Waals surface area (Å²) in [6.07, 6.45) is 3.86. The van der Waals surface area contributed by atoms with Crippen LogP contribution in [0, 0.1) is 0 Å². The highest BCUT2D eigenvalue weighted by Crippen LogP contribution is 2.13. The summed E-state index contributed by atoms with van der Waals surface area (Å²) in [7, 11) is 1.32. The lowest BCUT2D eigenvalue weighted by molar-refractivity contribution is -0.142. The van der Waals surface area contributed by atoms with E-state index in [1.165, 1.54) is 18.9 Å². The first kappa shape index (κ1) is 15.3. The molecule has 0 atom stereocenters. The van der Waals surface area contributed by atoms with Crippen molar-refractivity contribution >= 4 is 28.9 Å². The molecule has 1 rings (SSSR count). The van der Waals surface area contributed by atoms with Gasteiger partial charge in [0.25, 0.3) is 0 Å². The van der Waals surface area contributed by atoms with Gasteiger partial charge in [0.15, 0.2) is 11.7 Å². The predicted octanol–water partition coefficient (Wildman–Crippen LogP) is 2.53. The van der Waals surface area contributed by atoms with Crippen LogP contribution < -0.4 is 4.74 Å². The summed E-state index contributed by atoms with van der Waals surface area (Å²) in [5.74, 6) is 0.863. The van der Waals surface area contributed by atoms with Crippen molar-refractivity contribution in [3.8, 4) is 5.75 Å². The zero-order valence-corrected chi connectivity index (χ0v) is 11.7. The summed E-state index contributed by atoms with van der Waals surface area (Å²) in [4.78, 5) is 21.6. The van der Waals surface area contributed by atoms with E-state index in [1.807, 2.05) is 24.3 Å². The highest BCUT2D eigenvalue weighted by atomic mass is 32.2. The molecule has 102 valence electrons. The Morgan fingerprint density at radius 2 is 1.95 bits per heavy atom. The third-order valence-corrected chi connectivity index (χ3v) is 2.92. The molecule has 0 radical (unpaired) electrons. The summed E-state index contributed by atoms with van der Waals surface area (Å²) in [5.41, 5.74) is 1.01. The normalized spacial score (nSPS) is 10.4. The lowest BCUT2D eigenvalue weighted by atomic mass is 10.2. The van der Waals surface area contributed by atoms with Gasteiger partial charge in [-0.1, -0.05) is 36.0 Å². The average molecular weight is 280 g/mol. The van der Waals surface area contributed by atoms with Crippen LogP contribution in [-0.2, 0) is 14.3 Å². The van der Waals surface area contributed by atoms with Gasteiger partial charge in [-0.25, -0.2) is 4.79 Å². The number of methoxy groups -OCH3 is 1. The number of thioether (sulfide) groups is 1. The Balaban J connectivity index is 2.43. The molecule has 0 N–H and O–H groups in total. The van der Waals surface area contributed by atoms with Gasteiger partial charge in [0.1, 0.15) is 5.75 Å². The Morgan fingerprint density at radius 3 is 2.53 bits per heavy atom. The Hall–Kier alpha value is -1.75. The van der Waals surface area contributed by atoms with Crippen molar-refractivity contribution in [2.45, 2.75) is 6.92 Å². The first-order chi connectivity index (χ1) is 9.11. The molecule has 4 nitrogen and oxygen atoms in total. The van der Waals surface area contributed by atoms with E-state index in [0.717, 1.165) is 5.56 Å². The molecule has 0 aliphatic rings. The number of esters is 1. The van der Waals surface area contributed by atoms with Gasteiger partial charge in [0.2, 0.25) is 0 Å². The molecule has 0 unspecified atom stereocenters. The van der Waals surface area contributed by atoms with Gasteiger partial charge in [-0.05, 0) is 17.7 Å². The van der Waals surface area contributed by atoms with Gasteiger partial charge >= 0.3 is 5.97 Å². The maximum atomic E-state index is 10.9. The van der Waals surface area contributed by atoms with Crippen LogP contribution in [0.25, 0.3) is 6.08 Å². The molecule has 0 heterocycles. The highest BCUT2D eigenvalue weighted by molar-refractivity contribution is 8.13. The molecule has 0 aromatic heterocycles. The molecule has 1 aromatic rings. The lowest BCUT2D eigenvalue weighted by Gasteiger charge is -2.04. The minimum atomic E-state index is -0.412. The standard InChI is InChI=1S/C14H16O4S/c1-11(15)19-9-3-4-12-5-7-13(8-6-12)18-10-14(16)17-2/h3-8H,9-10H2,1-2H3. The van der Waals surface area contributed by atoms with E-state index in [-0.39, 0.29) is 11.7 Å². The SMILES string of the molecule is COC(=O)COc1ccc(C=CCSC(C)=O)cc1. The average Bonchev–Trinajstić information content (AvgIpc) is 2.42. The molecule has 0 amide bonds. The van der Waals surface area contributed by atoms with Crippen LogP contribution in [0.5, 0.6) is 5.75 Å². The molecule has 5 heteroatoms. The quantitative estimate of drug-likeness (QED) is 0.749. The summed E-state index contributed by atoms with van der Waals surface area (Å²) < 4.78 is 9.70. The monoisotopic (exact) mass is 280 g/mol. The van der Waals surface area contributed by atoms with Gasteiger partial charge in [-0.2, -0.15) is 0 Å². The summed E-state index contributed by atoms with van der Waals surface area (Å²) in [6.45, 7) is 1.45. The summed E-state index contributed by atoms with van der Waals surface area (Å²) in [6, 6.07) is 7.31. The number of carbonyl (C=O) groups is 2. The molecule has 0 fully saturated rings. The third-order valence-electron chi connectivity index (χ3n) is 2.16. The van der Waals surface area contributed by atoms with Crippen molar-refractivity contribution in [2.75, 3.05) is 19.5 Å². The van der Waals surface area contributed by atoms with Crippen molar-refractivity contribution < 1.29 is 19.1 Å². The minimum absolute atomic E-state index is 0.0963. The van der Waals surface area contributed by atoms with Crippen LogP contribution >= 0.6 is 11.8 Å². The van der Waals surface area contributed by atoms with E-state index in [9.17, 15) is 9.59 Å². The van der Waals surface area contributed by atoms with Crippen LogP contribution in [0.15, 0.2) is 30.3 Å². The number of ether oxygens (including phenoxy) is 2. The molecule has 19 heavy (non-hydrogen) atoms. The second kappa shape index (κ2) is 8.37. The van der Waals surface area contributed by atoms with Crippen LogP contribution in [0.2, 0.25) is 0 Å². The van der Waals surface area contributed by atoms with E-state index in [0.29, 0.717) is 11.5 Å². The van der Waals surface area contributed by atoms with Crippen LogP contribution in [0.1, 0.15) is 12.5 Å². The predicted molar refractivity (Wildman–Crippen MR) is 76.1 cm³/mol. The van der Waals surface area contributed by atoms with Gasteiger partial charge in [-0.3, -0.25) is 4.79 Å². The second-order valence-corrected chi connectivity index (χ2v) is 4.84. The van der Waals surface area contributed by atoms with Crippen molar-refractivity contribution in [3.63, 3.8) is 0 Å². The van der Waals surface area contributed by atoms with Gasteiger partial charge in [0.05, 0.1) is 7.11 Å². The van der Waals surface area contributed by atoms with Crippen LogP contribution in [-0.4, -0.2) is 30.6 Å². The number of carbonyl (C=O) groups excluding carboxylic acids is 2. The molecule has 0 saturated heterocycles. The summed E-state index contributed by atoms with van der Waals surface area (Å²) in [5, 5.41) is 0.108. The Morgan fingerprint density at radius 1 is 1.26 bits per heavy atom. The Kier molecular flexibility index (Phi) is 6.74. The Labute approximate surface area is 116 Å². The fraction of sp³-hybridized carbons (Fsp3) is 0.286. The van der Waals surface area contributed by atoms with Crippen LogP contribution in [0.3, 0.4) is 0 Å².